The number of carbonyl (C=O) groups excluding carboxylic acids is 7. The highest BCUT2D eigenvalue weighted by Crippen LogP contribution is 2.35. The van der Waals surface area contributed by atoms with Crippen LogP contribution in [-0.2, 0) is 81.8 Å². The van der Waals surface area contributed by atoms with Gasteiger partial charge in [-0.2, -0.15) is 8.42 Å². The number of carbonyl (C=O) groups is 7. The second-order valence-corrected chi connectivity index (χ2v) is 23.1. The number of phosphoric ester groups is 1. The summed E-state index contributed by atoms with van der Waals surface area (Å²) < 4.78 is 99.3. The van der Waals surface area contributed by atoms with Gasteiger partial charge in [-0.25, -0.2) is 31.9 Å². The van der Waals surface area contributed by atoms with Crippen LogP contribution in [0.15, 0.2) is 24.3 Å². The van der Waals surface area contributed by atoms with Gasteiger partial charge in [0, 0.05) is 28.5 Å². The van der Waals surface area contributed by atoms with E-state index in [1.165, 1.54) is 20.8 Å². The van der Waals surface area contributed by atoms with Crippen molar-refractivity contribution in [3.05, 3.63) is 24.3 Å². The smallest absolute Gasteiger partial charge is 0.472 e. The molecule has 0 aliphatic rings. The molecule has 0 saturated heterocycles. The van der Waals surface area contributed by atoms with Crippen LogP contribution in [0.5, 0.6) is 0 Å². The third-order valence-corrected chi connectivity index (χ3v) is 12.1. The molecule has 2 atom stereocenters. The fourth-order valence-corrected chi connectivity index (χ4v) is 6.11. The maximum absolute atomic E-state index is 11.6. The van der Waals surface area contributed by atoms with Gasteiger partial charge in [-0.05, 0) is 94.9 Å². The van der Waals surface area contributed by atoms with Crippen molar-refractivity contribution in [2.45, 2.75) is 148 Å². The van der Waals surface area contributed by atoms with Crippen LogP contribution in [0, 0.1) is 22.7 Å². The summed E-state index contributed by atoms with van der Waals surface area (Å²) in [5.41, 5.74) is 0.978. The number of phosphoric acid groups is 1. The van der Waals surface area contributed by atoms with Gasteiger partial charge in [-0.1, -0.05) is 54.7 Å². The molecule has 0 aromatic carbocycles. The zero-order chi connectivity index (χ0) is 59.7. The molecule has 2 unspecified atom stereocenters. The van der Waals surface area contributed by atoms with Gasteiger partial charge in [0.2, 0.25) is 25.4 Å². The fourth-order valence-electron chi connectivity index (χ4n) is 3.98. The van der Waals surface area contributed by atoms with Crippen molar-refractivity contribution in [2.75, 3.05) is 51.4 Å². The van der Waals surface area contributed by atoms with Gasteiger partial charge in [0.05, 0.1) is 44.5 Å². The van der Waals surface area contributed by atoms with E-state index in [1.807, 2.05) is 27.7 Å². The minimum Gasteiger partial charge on any atom is -0.748 e. The maximum atomic E-state index is 11.6. The summed E-state index contributed by atoms with van der Waals surface area (Å²) in [6.07, 6.45) is 1.79. The Morgan fingerprint density at radius 3 is 1.32 bits per heavy atom. The first-order valence-corrected chi connectivity index (χ1v) is 27.9. The van der Waals surface area contributed by atoms with Crippen LogP contribution >= 0.6 is 7.82 Å². The first-order chi connectivity index (χ1) is 33.2. The van der Waals surface area contributed by atoms with Gasteiger partial charge in [-0.15, -0.1) is 0 Å². The van der Waals surface area contributed by atoms with Crippen molar-refractivity contribution < 1.29 is 108 Å². The van der Waals surface area contributed by atoms with Crippen molar-refractivity contribution in [1.29, 1.82) is 0 Å². The monoisotopic (exact) mass is 1130 g/mol. The highest BCUT2D eigenvalue weighted by atomic mass is 32.2. The fraction of sp³-hybridized carbons (Fsp3) is 0.756. The van der Waals surface area contributed by atoms with E-state index in [0.29, 0.717) is 44.4 Å². The lowest BCUT2D eigenvalue weighted by molar-refractivity contribution is -0.372. The largest absolute Gasteiger partial charge is 0.748 e. The maximum Gasteiger partial charge on any atom is 0.472 e. The average molecular weight is 1130 g/mol. The quantitative estimate of drug-likeness (QED) is 0.0124. The normalized spacial score (nSPS) is 12.4. The summed E-state index contributed by atoms with van der Waals surface area (Å²) in [7, 11) is -13.0. The number of ether oxygens (including phenoxy) is 5. The Morgan fingerprint density at radius 1 is 0.649 bits per heavy atom. The predicted octanol–water partition coefficient (Wildman–Crippen LogP) is 3.44. The molecule has 0 aliphatic carbocycles. The van der Waals surface area contributed by atoms with E-state index in [1.54, 1.807) is 62.3 Å². The number of quaternary nitrogens is 1. The summed E-state index contributed by atoms with van der Waals surface area (Å²) >= 11 is 0. The molecule has 26 nitrogen and oxygen atoms in total. The SMILES string of the molecule is C=C(C)C(=O)OCCNC(=O)OCOC(=O)C(C)(C)CC.C=C(C)C(=O)OCC[NH3+].CCC(C)(C)C(=O)OCOP(=O)(O)O.CCC(C)C(=O)NC(C)(C)CS(=O)(=O)O.CCC(C)C(=O)NC(C)(C)CS(=O)(=O)[O-]. The number of nitrogens with one attached hydrogen (secondary N) is 3. The second kappa shape index (κ2) is 37.2. The van der Waals surface area contributed by atoms with Crippen molar-refractivity contribution in [1.82, 2.24) is 16.0 Å². The van der Waals surface area contributed by atoms with E-state index in [-0.39, 0.29) is 48.3 Å². The van der Waals surface area contributed by atoms with E-state index >= 15 is 0 Å². The lowest BCUT2D eigenvalue weighted by Crippen LogP contribution is -2.52. The van der Waals surface area contributed by atoms with Crippen LogP contribution < -0.4 is 21.7 Å². The van der Waals surface area contributed by atoms with E-state index in [9.17, 15) is 59.5 Å². The Balaban J connectivity index is -0.000000274. The van der Waals surface area contributed by atoms with Crippen LogP contribution in [0.4, 0.5) is 4.79 Å². The van der Waals surface area contributed by atoms with Gasteiger partial charge in [0.15, 0.2) is 0 Å². The lowest BCUT2D eigenvalue weighted by atomic mass is 9.91. The van der Waals surface area contributed by atoms with Gasteiger partial charge < -0.3 is 59.7 Å². The summed E-state index contributed by atoms with van der Waals surface area (Å²) in [5.74, 6) is -3.70. The molecule has 0 aromatic heterocycles. The van der Waals surface area contributed by atoms with E-state index in [4.69, 9.17) is 23.8 Å². The molecular weight excluding hydrogens is 1040 g/mol. The third kappa shape index (κ3) is 47.2. The van der Waals surface area contributed by atoms with E-state index in [2.05, 4.69) is 53.6 Å². The predicted molar refractivity (Wildman–Crippen MR) is 271 cm³/mol. The van der Waals surface area contributed by atoms with Gasteiger partial charge >= 0.3 is 37.8 Å². The van der Waals surface area contributed by atoms with Crippen LogP contribution in [0.2, 0.25) is 0 Å². The third-order valence-electron chi connectivity index (χ3n) is 9.47. The molecule has 0 fully saturated rings. The van der Waals surface area contributed by atoms with Crippen LogP contribution in [0.25, 0.3) is 0 Å². The standard InChI is InChI=1S/C14H23NO6.2C9H19NO4S.C7H15O6P.C6H11NO2/c1-6-14(4,5)12(17)20-9-21-13(18)15-7-8-19-11(16)10(2)3;2*1-5-7(2)8(11)10-9(3,4)6-15(12,13)14;1-4-7(2,3)6(8)12-5-13-14(9,10)11;1-5(2)6(8)9-4-3-7/h2,6-9H2,1,3-5H3,(H,15,18);2*7H,5-6H2,1-4H3,(H,10,11)(H,12,13,14);4-5H2,1-3H3,(H2,9,10,11);1,3-4,7H2,2H3. The molecule has 29 heteroatoms. The van der Waals surface area contributed by atoms with E-state index in [0.717, 1.165) is 0 Å². The molecule has 0 heterocycles. The average Bonchev–Trinajstić information content (AvgIpc) is 3.24. The first-order valence-electron chi connectivity index (χ1n) is 23.1. The number of hydrogen-bond donors (Lipinski definition) is 7. The molecule has 0 radical (unpaired) electrons. The number of amides is 3. The molecule has 3 amide bonds. The molecular formula is C45H87N4O22PS2. The number of hydrogen-bond acceptors (Lipinski definition) is 19. The molecule has 0 aromatic rings. The summed E-state index contributed by atoms with van der Waals surface area (Å²) in [4.78, 5) is 95.2. The second-order valence-electron chi connectivity index (χ2n) is 19.0. The Hall–Kier alpha value is -4.54. The van der Waals surface area contributed by atoms with Gasteiger partial charge in [0.25, 0.3) is 10.1 Å². The van der Waals surface area contributed by atoms with Crippen LogP contribution in [-0.4, -0.2) is 140 Å². The highest BCUT2D eigenvalue weighted by Gasteiger charge is 2.30. The lowest BCUT2D eigenvalue weighted by Gasteiger charge is -2.28. The zero-order valence-corrected chi connectivity index (χ0v) is 48.7. The summed E-state index contributed by atoms with van der Waals surface area (Å²) in [6.45, 7) is 33.8. The molecule has 0 rings (SSSR count). The van der Waals surface area contributed by atoms with Crippen LogP contribution in [0.3, 0.4) is 0 Å². The van der Waals surface area contributed by atoms with Gasteiger partial charge in [0.1, 0.15) is 19.8 Å². The van der Waals surface area contributed by atoms with Crippen molar-refractivity contribution in [2.24, 2.45) is 22.7 Å². The minimum absolute atomic E-state index is 0.00342. The Bertz CT molecular complexity index is 2000. The Labute approximate surface area is 438 Å². The van der Waals surface area contributed by atoms with E-state index < -0.39 is 99.1 Å². The van der Waals surface area contributed by atoms with Crippen molar-refractivity contribution in [3.63, 3.8) is 0 Å². The number of alkyl carbamates (subject to hydrolysis) is 1. The van der Waals surface area contributed by atoms with Crippen molar-refractivity contribution in [3.8, 4) is 0 Å². The first kappa shape index (κ1) is 78.3. The zero-order valence-electron chi connectivity index (χ0n) is 46.1. The molecule has 0 aliphatic heterocycles. The van der Waals surface area contributed by atoms with Gasteiger partial charge in [-0.3, -0.25) is 23.7 Å². The number of esters is 4. The molecule has 74 heavy (non-hydrogen) atoms. The Morgan fingerprint density at radius 2 is 1.01 bits per heavy atom. The highest BCUT2D eigenvalue weighted by molar-refractivity contribution is 7.86. The summed E-state index contributed by atoms with van der Waals surface area (Å²) in [6, 6.07) is 0. The Kier molecular flexibility index (Phi) is 39.4. The van der Waals surface area contributed by atoms with Crippen LogP contribution in [0.1, 0.15) is 136 Å². The molecule has 436 valence electrons. The van der Waals surface area contributed by atoms with Crippen molar-refractivity contribution >= 4 is 69.8 Å². The molecule has 0 spiro atoms. The minimum atomic E-state index is -4.56. The number of rotatable bonds is 26. The topological polar surface area (TPSA) is 408 Å². The molecule has 0 saturated carbocycles. The summed E-state index contributed by atoms with van der Waals surface area (Å²) in [5, 5.41) is 7.47. The molecule has 9 N–H and O–H groups in total. The molecule has 0 bridgehead atoms.